The first kappa shape index (κ1) is 17.3. The van der Waals surface area contributed by atoms with E-state index in [0.29, 0.717) is 12.6 Å². The summed E-state index contributed by atoms with van der Waals surface area (Å²) in [4.78, 5) is 18.7. The molecule has 0 aliphatic carbocycles. The predicted octanol–water partition coefficient (Wildman–Crippen LogP) is 3.48. The van der Waals surface area contributed by atoms with Crippen molar-refractivity contribution in [3.8, 4) is 0 Å². The van der Waals surface area contributed by atoms with Crippen molar-refractivity contribution >= 4 is 11.7 Å². The molecule has 2 amide bonds. The van der Waals surface area contributed by atoms with Gasteiger partial charge in [-0.25, -0.2) is 4.79 Å². The first-order chi connectivity index (χ1) is 12.1. The van der Waals surface area contributed by atoms with Gasteiger partial charge in [0.1, 0.15) is 0 Å². The second-order valence-electron chi connectivity index (χ2n) is 6.71. The van der Waals surface area contributed by atoms with Crippen molar-refractivity contribution in [3.63, 3.8) is 0 Å². The number of likely N-dealkylation sites (tertiary alicyclic amines) is 1. The maximum atomic E-state index is 12.5. The van der Waals surface area contributed by atoms with Crippen LogP contribution >= 0.6 is 0 Å². The molecule has 3 rings (SSSR count). The van der Waals surface area contributed by atoms with E-state index in [9.17, 15) is 4.79 Å². The van der Waals surface area contributed by atoms with E-state index in [0.717, 1.165) is 48.4 Å². The number of carbonyl (C=O) groups excluding carboxylic acids is 1. The Morgan fingerprint density at radius 1 is 1.28 bits per heavy atom. The van der Waals surface area contributed by atoms with Crippen molar-refractivity contribution < 1.29 is 4.79 Å². The van der Waals surface area contributed by atoms with Gasteiger partial charge in [-0.3, -0.25) is 4.98 Å². The van der Waals surface area contributed by atoms with Crippen LogP contribution in [-0.4, -0.2) is 35.0 Å². The topological polar surface area (TPSA) is 57.3 Å². The van der Waals surface area contributed by atoms with Gasteiger partial charge in [-0.2, -0.15) is 0 Å². The Balaban J connectivity index is 1.53. The molecule has 2 N–H and O–H groups in total. The number of pyridine rings is 1. The summed E-state index contributed by atoms with van der Waals surface area (Å²) >= 11 is 0. The van der Waals surface area contributed by atoms with E-state index in [4.69, 9.17) is 0 Å². The SMILES string of the molecule is Cc1cc(C)c(CNC(=O)N2CCCC(Nc3ccccc3)C2)cn1. The highest BCUT2D eigenvalue weighted by atomic mass is 16.2. The van der Waals surface area contributed by atoms with Crippen LogP contribution in [-0.2, 0) is 6.54 Å². The molecule has 1 fully saturated rings. The number of anilines is 1. The molecule has 132 valence electrons. The lowest BCUT2D eigenvalue weighted by Gasteiger charge is -2.33. The average Bonchev–Trinajstić information content (AvgIpc) is 2.62. The van der Waals surface area contributed by atoms with Gasteiger partial charge < -0.3 is 15.5 Å². The summed E-state index contributed by atoms with van der Waals surface area (Å²) in [6.45, 7) is 6.08. The van der Waals surface area contributed by atoms with Gasteiger partial charge in [0.05, 0.1) is 0 Å². The predicted molar refractivity (Wildman–Crippen MR) is 101 cm³/mol. The highest BCUT2D eigenvalue weighted by Gasteiger charge is 2.23. The van der Waals surface area contributed by atoms with Crippen LogP contribution in [0.1, 0.15) is 29.7 Å². The number of hydrogen-bond donors (Lipinski definition) is 2. The maximum Gasteiger partial charge on any atom is 0.317 e. The summed E-state index contributed by atoms with van der Waals surface area (Å²) in [5.74, 6) is 0. The maximum absolute atomic E-state index is 12.5. The van der Waals surface area contributed by atoms with Crippen molar-refractivity contribution in [2.45, 2.75) is 39.3 Å². The number of carbonyl (C=O) groups is 1. The minimum atomic E-state index is -0.000429. The van der Waals surface area contributed by atoms with E-state index in [1.807, 2.05) is 42.3 Å². The highest BCUT2D eigenvalue weighted by molar-refractivity contribution is 5.74. The number of aryl methyl sites for hydroxylation is 2. The fourth-order valence-corrected chi connectivity index (χ4v) is 3.24. The van der Waals surface area contributed by atoms with E-state index in [1.165, 1.54) is 0 Å². The summed E-state index contributed by atoms with van der Waals surface area (Å²) < 4.78 is 0. The fraction of sp³-hybridized carbons (Fsp3) is 0.400. The molecule has 2 heterocycles. The van der Waals surface area contributed by atoms with Crippen LogP contribution in [0, 0.1) is 13.8 Å². The number of nitrogens with zero attached hydrogens (tertiary/aromatic N) is 2. The summed E-state index contributed by atoms with van der Waals surface area (Å²) in [6, 6.07) is 12.5. The van der Waals surface area contributed by atoms with E-state index >= 15 is 0 Å². The van der Waals surface area contributed by atoms with Gasteiger partial charge in [-0.1, -0.05) is 18.2 Å². The summed E-state index contributed by atoms with van der Waals surface area (Å²) in [5, 5.41) is 6.56. The molecule has 1 aliphatic heterocycles. The zero-order chi connectivity index (χ0) is 17.6. The largest absolute Gasteiger partial charge is 0.381 e. The molecule has 5 heteroatoms. The monoisotopic (exact) mass is 338 g/mol. The Hall–Kier alpha value is -2.56. The number of nitrogens with one attached hydrogen (secondary N) is 2. The van der Waals surface area contributed by atoms with Crippen molar-refractivity contribution in [1.82, 2.24) is 15.2 Å². The summed E-state index contributed by atoms with van der Waals surface area (Å²) in [7, 11) is 0. The van der Waals surface area contributed by atoms with Crippen molar-refractivity contribution in [3.05, 3.63) is 59.4 Å². The van der Waals surface area contributed by atoms with Crippen LogP contribution < -0.4 is 10.6 Å². The molecule has 1 aromatic heterocycles. The molecule has 1 atom stereocenters. The Bertz CT molecular complexity index is 717. The molecule has 0 saturated carbocycles. The van der Waals surface area contributed by atoms with Gasteiger partial charge in [0.2, 0.25) is 0 Å². The van der Waals surface area contributed by atoms with Gasteiger partial charge in [0.25, 0.3) is 0 Å². The third-order valence-corrected chi connectivity index (χ3v) is 4.64. The lowest BCUT2D eigenvalue weighted by atomic mass is 10.1. The fourth-order valence-electron chi connectivity index (χ4n) is 3.24. The third kappa shape index (κ3) is 4.72. The van der Waals surface area contributed by atoms with Gasteiger partial charge in [0.15, 0.2) is 0 Å². The number of amides is 2. The van der Waals surface area contributed by atoms with Crippen molar-refractivity contribution in [1.29, 1.82) is 0 Å². The second kappa shape index (κ2) is 8.01. The van der Waals surface area contributed by atoms with Crippen LogP contribution in [0.2, 0.25) is 0 Å². The Morgan fingerprint density at radius 2 is 2.08 bits per heavy atom. The number of piperidine rings is 1. The number of benzene rings is 1. The molecule has 0 bridgehead atoms. The highest BCUT2D eigenvalue weighted by Crippen LogP contribution is 2.16. The average molecular weight is 338 g/mol. The molecule has 1 aromatic carbocycles. The van der Waals surface area contributed by atoms with Gasteiger partial charge in [-0.15, -0.1) is 0 Å². The molecule has 0 spiro atoms. The Kier molecular flexibility index (Phi) is 5.53. The van der Waals surface area contributed by atoms with Crippen LogP contribution in [0.3, 0.4) is 0 Å². The van der Waals surface area contributed by atoms with Crippen LogP contribution in [0.4, 0.5) is 10.5 Å². The summed E-state index contributed by atoms with van der Waals surface area (Å²) in [6.07, 6.45) is 3.95. The van der Waals surface area contributed by atoms with Gasteiger partial charge >= 0.3 is 6.03 Å². The number of aromatic nitrogens is 1. The quantitative estimate of drug-likeness (QED) is 0.897. The molecule has 5 nitrogen and oxygen atoms in total. The van der Waals surface area contributed by atoms with E-state index in [-0.39, 0.29) is 6.03 Å². The number of urea groups is 1. The first-order valence-electron chi connectivity index (χ1n) is 8.88. The number of para-hydroxylation sites is 1. The van der Waals surface area contributed by atoms with E-state index in [1.54, 1.807) is 0 Å². The molecule has 2 aromatic rings. The lowest BCUT2D eigenvalue weighted by molar-refractivity contribution is 0.182. The molecule has 1 aliphatic rings. The molecule has 0 radical (unpaired) electrons. The molecule has 1 saturated heterocycles. The minimum absolute atomic E-state index is 0.000429. The number of rotatable bonds is 4. The van der Waals surface area contributed by atoms with Crippen LogP contribution in [0.25, 0.3) is 0 Å². The second-order valence-corrected chi connectivity index (χ2v) is 6.71. The zero-order valence-corrected chi connectivity index (χ0v) is 15.0. The van der Waals surface area contributed by atoms with Crippen molar-refractivity contribution in [2.24, 2.45) is 0 Å². The first-order valence-corrected chi connectivity index (χ1v) is 8.88. The summed E-state index contributed by atoms with van der Waals surface area (Å²) in [5.41, 5.74) is 4.33. The third-order valence-electron chi connectivity index (χ3n) is 4.64. The van der Waals surface area contributed by atoms with Gasteiger partial charge in [-0.05, 0) is 56.0 Å². The van der Waals surface area contributed by atoms with E-state index in [2.05, 4.69) is 34.7 Å². The number of hydrogen-bond acceptors (Lipinski definition) is 3. The standard InChI is InChI=1S/C20H26N4O/c1-15-11-16(2)21-12-17(15)13-22-20(25)24-10-6-9-19(14-24)23-18-7-4-3-5-8-18/h3-5,7-8,11-12,19,23H,6,9-10,13-14H2,1-2H3,(H,22,25). The molecule has 1 unspecified atom stereocenters. The zero-order valence-electron chi connectivity index (χ0n) is 15.0. The Labute approximate surface area is 149 Å². The van der Waals surface area contributed by atoms with Crippen molar-refractivity contribution in [2.75, 3.05) is 18.4 Å². The molecular weight excluding hydrogens is 312 g/mol. The lowest BCUT2D eigenvalue weighted by Crippen LogP contribution is -2.48. The molecule has 25 heavy (non-hydrogen) atoms. The molecular formula is C20H26N4O. The van der Waals surface area contributed by atoms with E-state index < -0.39 is 0 Å². The smallest absolute Gasteiger partial charge is 0.317 e. The Morgan fingerprint density at radius 3 is 2.84 bits per heavy atom. The normalized spacial score (nSPS) is 17.2. The van der Waals surface area contributed by atoms with Gasteiger partial charge in [0, 0.05) is 43.3 Å². The van der Waals surface area contributed by atoms with Crippen LogP contribution in [0.5, 0.6) is 0 Å². The van der Waals surface area contributed by atoms with Crippen LogP contribution in [0.15, 0.2) is 42.6 Å². The minimum Gasteiger partial charge on any atom is -0.381 e.